The second-order valence-electron chi connectivity index (χ2n) is 9.26. The summed E-state index contributed by atoms with van der Waals surface area (Å²) >= 11 is 1.12. The van der Waals surface area contributed by atoms with Gasteiger partial charge in [-0.1, -0.05) is 48.2 Å². The number of rotatable bonds is 7. The molecule has 0 aliphatic carbocycles. The summed E-state index contributed by atoms with van der Waals surface area (Å²) < 4.78 is 10.8. The first-order valence-corrected chi connectivity index (χ1v) is 13.2. The quantitative estimate of drug-likeness (QED) is 0.214. The Morgan fingerprint density at radius 1 is 1.16 bits per heavy atom. The Kier molecular flexibility index (Phi) is 6.38. The fraction of sp³-hybridized carbons (Fsp3) is 0.259. The first kappa shape index (κ1) is 24.3. The number of esters is 1. The Bertz CT molecular complexity index is 1640. The van der Waals surface area contributed by atoms with Crippen LogP contribution in [-0.4, -0.2) is 55.8 Å². The number of fused-ring (bicyclic) bond motifs is 4. The third kappa shape index (κ3) is 4.44. The number of para-hydroxylation sites is 2. The van der Waals surface area contributed by atoms with Crippen molar-refractivity contribution in [3.63, 3.8) is 0 Å². The number of benzene rings is 2. The van der Waals surface area contributed by atoms with Crippen molar-refractivity contribution in [1.82, 2.24) is 25.1 Å². The standard InChI is InChI=1S/C27H26N6O4S/c1-36-26(35)23-11-18-17-7-3-5-9-21(17)30-22(18)13-33(23)24(34)14-38-27-32-31-25(37-27)19(28)10-15-12-29-20-8-4-2-6-16(15)20/h2-9,12,19,23,29-30H,10-11,13-14,28H2,1H3. The third-order valence-corrected chi connectivity index (χ3v) is 7.77. The summed E-state index contributed by atoms with van der Waals surface area (Å²) in [6.07, 6.45) is 2.84. The maximum absolute atomic E-state index is 13.3. The van der Waals surface area contributed by atoms with E-state index < -0.39 is 18.1 Å². The summed E-state index contributed by atoms with van der Waals surface area (Å²) in [5, 5.41) is 10.6. The van der Waals surface area contributed by atoms with Crippen LogP contribution in [0.25, 0.3) is 21.8 Å². The summed E-state index contributed by atoms with van der Waals surface area (Å²) in [5.41, 5.74) is 11.4. The maximum atomic E-state index is 13.3. The molecule has 38 heavy (non-hydrogen) atoms. The number of aromatic amines is 2. The van der Waals surface area contributed by atoms with E-state index in [0.717, 1.165) is 50.4 Å². The van der Waals surface area contributed by atoms with Crippen LogP contribution in [0, 0.1) is 0 Å². The monoisotopic (exact) mass is 530 g/mol. The predicted octanol–water partition coefficient (Wildman–Crippen LogP) is 3.49. The van der Waals surface area contributed by atoms with Gasteiger partial charge in [0.2, 0.25) is 11.8 Å². The lowest BCUT2D eigenvalue weighted by molar-refractivity contribution is -0.153. The van der Waals surface area contributed by atoms with Crippen molar-refractivity contribution < 1.29 is 18.7 Å². The average molecular weight is 531 g/mol. The number of thioether (sulfide) groups is 1. The Morgan fingerprint density at radius 3 is 2.74 bits per heavy atom. The molecule has 5 aromatic rings. The smallest absolute Gasteiger partial charge is 0.328 e. The molecule has 11 heteroatoms. The molecule has 0 fully saturated rings. The molecule has 0 saturated heterocycles. The van der Waals surface area contributed by atoms with E-state index in [4.69, 9.17) is 14.9 Å². The highest BCUT2D eigenvalue weighted by Crippen LogP contribution is 2.32. The van der Waals surface area contributed by atoms with Crippen LogP contribution in [0.5, 0.6) is 0 Å². The normalized spacial score (nSPS) is 16.1. The van der Waals surface area contributed by atoms with Crippen molar-refractivity contribution in [2.45, 2.75) is 36.7 Å². The molecule has 4 heterocycles. The second-order valence-corrected chi connectivity index (χ2v) is 10.2. The molecule has 2 atom stereocenters. The van der Waals surface area contributed by atoms with Gasteiger partial charge in [0.1, 0.15) is 6.04 Å². The molecule has 3 aromatic heterocycles. The van der Waals surface area contributed by atoms with E-state index in [2.05, 4.69) is 20.2 Å². The average Bonchev–Trinajstić information content (AvgIpc) is 3.67. The van der Waals surface area contributed by atoms with Crippen LogP contribution in [0.1, 0.15) is 28.8 Å². The Balaban J connectivity index is 1.13. The van der Waals surface area contributed by atoms with E-state index in [-0.39, 0.29) is 23.4 Å². The molecule has 0 saturated carbocycles. The zero-order valence-corrected chi connectivity index (χ0v) is 21.5. The van der Waals surface area contributed by atoms with Crippen LogP contribution in [0.4, 0.5) is 0 Å². The Morgan fingerprint density at radius 2 is 1.92 bits per heavy atom. The van der Waals surface area contributed by atoms with Gasteiger partial charge in [-0.15, -0.1) is 10.2 Å². The van der Waals surface area contributed by atoms with Gasteiger partial charge < -0.3 is 29.8 Å². The Labute approximate surface area is 221 Å². The van der Waals surface area contributed by atoms with Gasteiger partial charge in [-0.3, -0.25) is 4.79 Å². The molecule has 2 unspecified atom stereocenters. The highest BCUT2D eigenvalue weighted by molar-refractivity contribution is 7.99. The number of hydrogen-bond donors (Lipinski definition) is 3. The first-order valence-electron chi connectivity index (χ1n) is 12.2. The van der Waals surface area contributed by atoms with Gasteiger partial charge in [0, 0.05) is 40.1 Å². The van der Waals surface area contributed by atoms with Crippen molar-refractivity contribution in [1.29, 1.82) is 0 Å². The molecular weight excluding hydrogens is 504 g/mol. The molecule has 6 rings (SSSR count). The van der Waals surface area contributed by atoms with Crippen molar-refractivity contribution in [3.8, 4) is 0 Å². The van der Waals surface area contributed by atoms with Gasteiger partial charge in [-0.25, -0.2) is 4.79 Å². The first-order chi connectivity index (χ1) is 18.5. The third-order valence-electron chi connectivity index (χ3n) is 6.97. The number of amides is 1. The van der Waals surface area contributed by atoms with Crippen LogP contribution >= 0.6 is 11.8 Å². The zero-order chi connectivity index (χ0) is 26.2. The molecule has 194 valence electrons. The molecule has 0 radical (unpaired) electrons. The number of nitrogens with zero attached hydrogens (tertiary/aromatic N) is 3. The molecule has 0 bridgehead atoms. The lowest BCUT2D eigenvalue weighted by Gasteiger charge is -2.33. The van der Waals surface area contributed by atoms with Crippen molar-refractivity contribution >= 4 is 45.4 Å². The summed E-state index contributed by atoms with van der Waals surface area (Å²) in [6, 6.07) is 14.7. The summed E-state index contributed by atoms with van der Waals surface area (Å²) in [4.78, 5) is 34.1. The number of ether oxygens (including phenoxy) is 1. The molecular formula is C27H26N6O4S. The summed E-state index contributed by atoms with van der Waals surface area (Å²) in [7, 11) is 1.34. The van der Waals surface area contributed by atoms with E-state index in [1.165, 1.54) is 7.11 Å². The van der Waals surface area contributed by atoms with Gasteiger partial charge >= 0.3 is 5.97 Å². The molecule has 1 aliphatic heterocycles. The van der Waals surface area contributed by atoms with Crippen LogP contribution in [0.15, 0.2) is 64.4 Å². The van der Waals surface area contributed by atoms with Crippen LogP contribution < -0.4 is 5.73 Å². The van der Waals surface area contributed by atoms with E-state index in [1.807, 2.05) is 54.7 Å². The number of methoxy groups -OCH3 is 1. The van der Waals surface area contributed by atoms with E-state index in [9.17, 15) is 9.59 Å². The van der Waals surface area contributed by atoms with Crippen LogP contribution in [0.3, 0.4) is 0 Å². The van der Waals surface area contributed by atoms with Crippen LogP contribution in [0.2, 0.25) is 0 Å². The number of nitrogens with two attached hydrogens (primary N) is 1. The number of carbonyl (C=O) groups excluding carboxylic acids is 2. The highest BCUT2D eigenvalue weighted by Gasteiger charge is 2.37. The number of nitrogens with one attached hydrogen (secondary N) is 2. The number of hydrogen-bond acceptors (Lipinski definition) is 8. The minimum absolute atomic E-state index is 0.0301. The predicted molar refractivity (Wildman–Crippen MR) is 142 cm³/mol. The summed E-state index contributed by atoms with van der Waals surface area (Å²) in [5.74, 6) is -0.332. The largest absolute Gasteiger partial charge is 0.467 e. The minimum Gasteiger partial charge on any atom is -0.467 e. The SMILES string of the molecule is COC(=O)C1Cc2c([nH]c3ccccc23)CN1C(=O)CSc1nnc(C(N)Cc2c[nH]c3ccccc23)o1. The van der Waals surface area contributed by atoms with E-state index in [0.29, 0.717) is 18.7 Å². The van der Waals surface area contributed by atoms with Crippen molar-refractivity contribution in [2.75, 3.05) is 12.9 Å². The fourth-order valence-corrected chi connectivity index (χ4v) is 5.73. The van der Waals surface area contributed by atoms with E-state index in [1.54, 1.807) is 4.90 Å². The molecule has 2 aromatic carbocycles. The topological polar surface area (TPSA) is 143 Å². The zero-order valence-electron chi connectivity index (χ0n) is 20.6. The fourth-order valence-electron chi connectivity index (χ4n) is 5.08. The molecule has 10 nitrogen and oxygen atoms in total. The highest BCUT2D eigenvalue weighted by atomic mass is 32.2. The number of carbonyl (C=O) groups is 2. The number of H-pyrrole nitrogens is 2. The number of aromatic nitrogens is 4. The summed E-state index contributed by atoms with van der Waals surface area (Å²) in [6.45, 7) is 0.285. The lowest BCUT2D eigenvalue weighted by atomic mass is 9.96. The molecule has 1 amide bonds. The Hall–Kier alpha value is -4.09. The van der Waals surface area contributed by atoms with Crippen molar-refractivity contribution in [2.24, 2.45) is 5.73 Å². The van der Waals surface area contributed by atoms with Gasteiger partial charge in [0.05, 0.1) is 25.4 Å². The molecule has 1 aliphatic rings. The van der Waals surface area contributed by atoms with E-state index >= 15 is 0 Å². The van der Waals surface area contributed by atoms with Gasteiger partial charge in [0.25, 0.3) is 5.22 Å². The molecule has 4 N–H and O–H groups in total. The maximum Gasteiger partial charge on any atom is 0.328 e. The van der Waals surface area contributed by atoms with Crippen molar-refractivity contribution in [3.05, 3.63) is 77.4 Å². The molecule has 0 spiro atoms. The van der Waals surface area contributed by atoms with Gasteiger partial charge in [-0.2, -0.15) is 0 Å². The lowest BCUT2D eigenvalue weighted by Crippen LogP contribution is -2.49. The minimum atomic E-state index is -0.706. The van der Waals surface area contributed by atoms with Gasteiger partial charge in [-0.05, 0) is 29.7 Å². The second kappa shape index (κ2) is 9.99. The van der Waals surface area contributed by atoms with Crippen LogP contribution in [-0.2, 0) is 33.7 Å². The van der Waals surface area contributed by atoms with Gasteiger partial charge in [0.15, 0.2) is 0 Å².